The number of carbonyl (C=O) groups is 1. The minimum absolute atomic E-state index is 0. The molecule has 2 heterocycles. The van der Waals surface area contributed by atoms with Gasteiger partial charge in [-0.25, -0.2) is 4.98 Å². The minimum Gasteiger partial charge on any atom is -0.497 e. The van der Waals surface area contributed by atoms with Crippen molar-refractivity contribution in [3.8, 4) is 11.4 Å². The first-order chi connectivity index (χ1) is 12.8. The highest BCUT2D eigenvalue weighted by atomic mass is 35.5. The maximum absolute atomic E-state index is 12.7. The molecule has 2 N–H and O–H groups in total. The van der Waals surface area contributed by atoms with Crippen molar-refractivity contribution in [2.24, 2.45) is 5.92 Å². The molecule has 3 aromatic rings. The van der Waals surface area contributed by atoms with E-state index in [1.807, 2.05) is 53.1 Å². The zero-order valence-electron chi connectivity index (χ0n) is 15.1. The predicted molar refractivity (Wildman–Crippen MR) is 109 cm³/mol. The number of aromatic nitrogens is 2. The molecule has 1 aromatic heterocycles. The molecular weight excluding hydrogens is 364 g/mol. The first kappa shape index (κ1) is 19.2. The Morgan fingerprint density at radius 1 is 1.26 bits per heavy atom. The molecule has 1 aliphatic rings. The summed E-state index contributed by atoms with van der Waals surface area (Å²) in [5.41, 5.74) is 2.68. The Labute approximate surface area is 164 Å². The van der Waals surface area contributed by atoms with Crippen LogP contribution in [0.1, 0.15) is 12.8 Å². The minimum atomic E-state index is -0.0256. The summed E-state index contributed by atoms with van der Waals surface area (Å²) in [6, 6.07) is 15.6. The van der Waals surface area contributed by atoms with Crippen LogP contribution in [0.2, 0.25) is 0 Å². The third kappa shape index (κ3) is 3.91. The summed E-state index contributed by atoms with van der Waals surface area (Å²) in [5.74, 6) is 1.28. The molecule has 27 heavy (non-hydrogen) atoms. The number of ether oxygens (including phenoxy) is 1. The Kier molecular flexibility index (Phi) is 5.98. The van der Waals surface area contributed by atoms with Gasteiger partial charge in [0.1, 0.15) is 5.75 Å². The second-order valence-corrected chi connectivity index (χ2v) is 6.49. The lowest BCUT2D eigenvalue weighted by Crippen LogP contribution is -2.37. The van der Waals surface area contributed by atoms with E-state index in [4.69, 9.17) is 4.74 Å². The molecule has 1 aliphatic heterocycles. The van der Waals surface area contributed by atoms with Crippen LogP contribution >= 0.6 is 12.4 Å². The second-order valence-electron chi connectivity index (χ2n) is 6.49. The second kappa shape index (κ2) is 8.41. The topological polar surface area (TPSA) is 68.2 Å². The first-order valence-corrected chi connectivity index (χ1v) is 8.90. The van der Waals surface area contributed by atoms with E-state index < -0.39 is 0 Å². The average Bonchev–Trinajstić information content (AvgIpc) is 3.06. The number of rotatable bonds is 4. The van der Waals surface area contributed by atoms with E-state index in [-0.39, 0.29) is 24.2 Å². The number of hydrogen-bond acceptors (Lipinski definition) is 4. The van der Waals surface area contributed by atoms with Gasteiger partial charge in [-0.3, -0.25) is 14.7 Å². The first-order valence-electron chi connectivity index (χ1n) is 8.90. The van der Waals surface area contributed by atoms with Gasteiger partial charge in [-0.2, -0.15) is 0 Å². The molecule has 0 bridgehead atoms. The monoisotopic (exact) mass is 386 g/mol. The standard InChI is InChI=1S/C20H22N4O2.ClH/c1-26-16-8-4-7-15(12-16)24-18-10-3-2-9-17(18)22-20(24)23-19(25)14-6-5-11-21-13-14;/h2-4,7-10,12,14,21H,5-6,11,13H2,1H3,(H,22,23,25);1H. The lowest BCUT2D eigenvalue weighted by atomic mass is 9.99. The molecule has 0 radical (unpaired) electrons. The number of piperidine rings is 1. The van der Waals surface area contributed by atoms with Crippen LogP contribution in [0.15, 0.2) is 48.5 Å². The maximum atomic E-state index is 12.7. The number of anilines is 1. The highest BCUT2D eigenvalue weighted by Crippen LogP contribution is 2.27. The molecule has 1 atom stereocenters. The number of nitrogens with one attached hydrogen (secondary N) is 2. The molecule has 1 amide bonds. The fourth-order valence-corrected chi connectivity index (χ4v) is 3.41. The van der Waals surface area contributed by atoms with Gasteiger partial charge in [0.15, 0.2) is 0 Å². The zero-order valence-corrected chi connectivity index (χ0v) is 16.0. The Hall–Kier alpha value is -2.57. The van der Waals surface area contributed by atoms with Crippen molar-refractivity contribution in [1.82, 2.24) is 14.9 Å². The number of methoxy groups -OCH3 is 1. The maximum Gasteiger partial charge on any atom is 0.231 e. The van der Waals surface area contributed by atoms with Gasteiger partial charge in [0, 0.05) is 12.6 Å². The van der Waals surface area contributed by atoms with Gasteiger partial charge in [0.25, 0.3) is 0 Å². The Morgan fingerprint density at radius 2 is 2.11 bits per heavy atom. The highest BCUT2D eigenvalue weighted by molar-refractivity contribution is 5.94. The van der Waals surface area contributed by atoms with Crippen molar-refractivity contribution in [1.29, 1.82) is 0 Å². The summed E-state index contributed by atoms with van der Waals surface area (Å²) >= 11 is 0. The number of fused-ring (bicyclic) bond motifs is 1. The molecule has 1 fully saturated rings. The van der Waals surface area contributed by atoms with Crippen molar-refractivity contribution in [3.05, 3.63) is 48.5 Å². The van der Waals surface area contributed by atoms with Gasteiger partial charge in [0.2, 0.25) is 11.9 Å². The van der Waals surface area contributed by atoms with Gasteiger partial charge in [-0.1, -0.05) is 18.2 Å². The molecule has 6 nitrogen and oxygen atoms in total. The summed E-state index contributed by atoms with van der Waals surface area (Å²) in [6.45, 7) is 1.69. The lowest BCUT2D eigenvalue weighted by Gasteiger charge is -2.22. The van der Waals surface area contributed by atoms with E-state index in [1.54, 1.807) is 7.11 Å². The summed E-state index contributed by atoms with van der Waals surface area (Å²) in [4.78, 5) is 17.4. The zero-order chi connectivity index (χ0) is 17.9. The van der Waals surface area contributed by atoms with Crippen LogP contribution in [0.25, 0.3) is 16.7 Å². The fraction of sp³-hybridized carbons (Fsp3) is 0.300. The quantitative estimate of drug-likeness (QED) is 0.721. The molecule has 0 spiro atoms. The van der Waals surface area contributed by atoms with E-state index in [2.05, 4.69) is 15.6 Å². The number of halogens is 1. The van der Waals surface area contributed by atoms with Gasteiger partial charge >= 0.3 is 0 Å². The van der Waals surface area contributed by atoms with Crippen molar-refractivity contribution in [2.75, 3.05) is 25.5 Å². The third-order valence-electron chi connectivity index (χ3n) is 4.77. The summed E-state index contributed by atoms with van der Waals surface area (Å²) in [7, 11) is 1.64. The van der Waals surface area contributed by atoms with Gasteiger partial charge in [-0.15, -0.1) is 12.4 Å². The highest BCUT2D eigenvalue weighted by Gasteiger charge is 2.23. The van der Waals surface area contributed by atoms with Crippen LogP contribution < -0.4 is 15.4 Å². The Bertz CT molecular complexity index is 935. The summed E-state index contributed by atoms with van der Waals surface area (Å²) in [6.07, 6.45) is 1.92. The molecular formula is C20H23ClN4O2. The van der Waals surface area contributed by atoms with E-state index in [9.17, 15) is 4.79 Å². The smallest absolute Gasteiger partial charge is 0.231 e. The number of para-hydroxylation sites is 2. The van der Waals surface area contributed by atoms with Crippen LogP contribution in [-0.2, 0) is 4.79 Å². The van der Waals surface area contributed by atoms with Gasteiger partial charge < -0.3 is 10.1 Å². The predicted octanol–water partition coefficient (Wildman–Crippen LogP) is 3.39. The summed E-state index contributed by atoms with van der Waals surface area (Å²) in [5, 5.41) is 6.32. The number of imidazole rings is 1. The van der Waals surface area contributed by atoms with Crippen LogP contribution in [0.4, 0.5) is 5.95 Å². The number of benzene rings is 2. The molecule has 2 aromatic carbocycles. The van der Waals surface area contributed by atoms with Crippen molar-refractivity contribution in [3.63, 3.8) is 0 Å². The largest absolute Gasteiger partial charge is 0.497 e. The molecule has 0 saturated carbocycles. The van der Waals surface area contributed by atoms with E-state index in [0.29, 0.717) is 12.5 Å². The van der Waals surface area contributed by atoms with E-state index >= 15 is 0 Å². The van der Waals surface area contributed by atoms with Crippen LogP contribution in [0.5, 0.6) is 5.75 Å². The van der Waals surface area contributed by atoms with E-state index in [0.717, 1.165) is 41.9 Å². The van der Waals surface area contributed by atoms with Crippen molar-refractivity contribution >= 4 is 35.3 Å². The summed E-state index contributed by atoms with van der Waals surface area (Å²) < 4.78 is 7.32. The average molecular weight is 387 g/mol. The van der Waals surface area contributed by atoms with Crippen LogP contribution in [0.3, 0.4) is 0 Å². The van der Waals surface area contributed by atoms with Crippen molar-refractivity contribution < 1.29 is 9.53 Å². The van der Waals surface area contributed by atoms with Gasteiger partial charge in [0.05, 0.1) is 29.7 Å². The molecule has 1 saturated heterocycles. The molecule has 1 unspecified atom stereocenters. The Balaban J connectivity index is 0.00000210. The molecule has 142 valence electrons. The number of hydrogen-bond donors (Lipinski definition) is 2. The Morgan fingerprint density at radius 3 is 2.89 bits per heavy atom. The van der Waals surface area contributed by atoms with Crippen LogP contribution in [0, 0.1) is 5.92 Å². The molecule has 4 rings (SSSR count). The van der Waals surface area contributed by atoms with Gasteiger partial charge in [-0.05, 0) is 43.7 Å². The fourth-order valence-electron chi connectivity index (χ4n) is 3.41. The van der Waals surface area contributed by atoms with Crippen molar-refractivity contribution in [2.45, 2.75) is 12.8 Å². The SMILES string of the molecule is COc1cccc(-n2c(NC(=O)C3CCCNC3)nc3ccccc32)c1.Cl. The normalized spacial score (nSPS) is 16.6. The van der Waals surface area contributed by atoms with E-state index in [1.165, 1.54) is 0 Å². The molecule has 0 aliphatic carbocycles. The molecule has 7 heteroatoms. The van der Waals surface area contributed by atoms with Crippen LogP contribution in [-0.4, -0.2) is 35.7 Å². The number of amides is 1. The third-order valence-corrected chi connectivity index (χ3v) is 4.77. The lowest BCUT2D eigenvalue weighted by molar-refractivity contribution is -0.120. The number of nitrogens with zero attached hydrogens (tertiary/aromatic N) is 2. The number of carbonyl (C=O) groups excluding carboxylic acids is 1.